The Bertz CT molecular complexity index is 381. The lowest BCUT2D eigenvalue weighted by molar-refractivity contribution is -0.337. The molecule has 1 aliphatic carbocycles. The highest BCUT2D eigenvalue weighted by molar-refractivity contribution is 5.27. The van der Waals surface area contributed by atoms with Crippen molar-refractivity contribution < 1.29 is 18.3 Å². The van der Waals surface area contributed by atoms with Crippen LogP contribution >= 0.6 is 0 Å². The van der Waals surface area contributed by atoms with Gasteiger partial charge in [-0.3, -0.25) is 0 Å². The van der Waals surface area contributed by atoms with E-state index in [0.29, 0.717) is 0 Å². The lowest BCUT2D eigenvalue weighted by Crippen LogP contribution is -2.19. The fourth-order valence-corrected chi connectivity index (χ4v) is 1.73. The molecule has 0 saturated carbocycles. The summed E-state index contributed by atoms with van der Waals surface area (Å²) in [6.45, 7) is 1.74. The fourth-order valence-electron chi connectivity index (χ4n) is 1.73. The Balaban J connectivity index is 2.20. The Morgan fingerprint density at radius 2 is 2.27 bits per heavy atom. The van der Waals surface area contributed by atoms with Crippen molar-refractivity contribution in [3.8, 4) is 6.07 Å². The van der Waals surface area contributed by atoms with Gasteiger partial charge in [0.15, 0.2) is 11.5 Å². The molecule has 3 nitrogen and oxygen atoms in total. The average Bonchev–Trinajstić information content (AvgIpc) is 2.46. The third-order valence-corrected chi connectivity index (χ3v) is 2.58. The predicted octanol–water partition coefficient (Wildman–Crippen LogP) is 2.53. The summed E-state index contributed by atoms with van der Waals surface area (Å²) in [6, 6.07) is 2.01. The number of halogens is 2. The first kappa shape index (κ1) is 9.97. The number of ether oxygens (including phenoxy) is 2. The molecule has 0 bridgehead atoms. The van der Waals surface area contributed by atoms with Crippen molar-refractivity contribution in [3.05, 3.63) is 23.7 Å². The third kappa shape index (κ3) is 1.67. The van der Waals surface area contributed by atoms with E-state index >= 15 is 0 Å². The van der Waals surface area contributed by atoms with E-state index in [1.807, 2.05) is 6.07 Å². The molecule has 0 N–H and O–H groups in total. The molecule has 2 rings (SSSR count). The molecule has 1 aliphatic heterocycles. The van der Waals surface area contributed by atoms with Crippen molar-refractivity contribution in [2.24, 2.45) is 11.8 Å². The van der Waals surface area contributed by atoms with Gasteiger partial charge >= 0.3 is 6.29 Å². The predicted molar refractivity (Wildman–Crippen MR) is 46.2 cm³/mol. The van der Waals surface area contributed by atoms with Gasteiger partial charge in [0.2, 0.25) is 0 Å². The summed E-state index contributed by atoms with van der Waals surface area (Å²) in [4.78, 5) is 0. The van der Waals surface area contributed by atoms with E-state index in [0.717, 1.165) is 0 Å². The molecule has 0 saturated heterocycles. The first-order valence-electron chi connectivity index (χ1n) is 4.58. The quantitative estimate of drug-likeness (QED) is 0.672. The zero-order valence-corrected chi connectivity index (χ0v) is 8.04. The first-order chi connectivity index (χ1) is 7.03. The number of hydrogen-bond donors (Lipinski definition) is 0. The monoisotopic (exact) mass is 213 g/mol. The zero-order valence-electron chi connectivity index (χ0n) is 8.04. The molecule has 5 heteroatoms. The molecule has 0 radical (unpaired) electrons. The summed E-state index contributed by atoms with van der Waals surface area (Å²) in [6.07, 6.45) is -0.135. The largest absolute Gasteiger partial charge is 0.585 e. The molecule has 0 fully saturated rings. The molecule has 0 spiro atoms. The summed E-state index contributed by atoms with van der Waals surface area (Å²) < 4.78 is 34.2. The highest BCUT2D eigenvalue weighted by atomic mass is 19.3. The van der Waals surface area contributed by atoms with E-state index in [1.165, 1.54) is 6.08 Å². The minimum Gasteiger partial charge on any atom is -0.400 e. The summed E-state index contributed by atoms with van der Waals surface area (Å²) in [7, 11) is 0. The molecule has 0 aromatic rings. The van der Waals surface area contributed by atoms with Gasteiger partial charge in [-0.1, -0.05) is 13.0 Å². The van der Waals surface area contributed by atoms with Gasteiger partial charge < -0.3 is 9.47 Å². The second kappa shape index (κ2) is 3.23. The highest BCUT2D eigenvalue weighted by Crippen LogP contribution is 2.43. The van der Waals surface area contributed by atoms with Crippen LogP contribution in [0.2, 0.25) is 0 Å². The van der Waals surface area contributed by atoms with Gasteiger partial charge in [-0.2, -0.15) is 5.26 Å². The number of nitriles is 1. The highest BCUT2D eigenvalue weighted by Gasteiger charge is 2.47. The maximum atomic E-state index is 12.7. The van der Waals surface area contributed by atoms with E-state index in [4.69, 9.17) is 5.26 Å². The van der Waals surface area contributed by atoms with Gasteiger partial charge in [-0.25, -0.2) is 0 Å². The van der Waals surface area contributed by atoms with Gasteiger partial charge in [-0.05, 0) is 12.0 Å². The summed E-state index contributed by atoms with van der Waals surface area (Å²) in [5, 5.41) is 8.56. The van der Waals surface area contributed by atoms with E-state index in [1.54, 1.807) is 13.0 Å². The van der Waals surface area contributed by atoms with Crippen LogP contribution in [0.1, 0.15) is 13.3 Å². The van der Waals surface area contributed by atoms with Crippen molar-refractivity contribution in [3.63, 3.8) is 0 Å². The second-order valence-corrected chi connectivity index (χ2v) is 3.57. The lowest BCUT2D eigenvalue weighted by atomic mass is 9.86. The van der Waals surface area contributed by atoms with Crippen LogP contribution in [0.25, 0.3) is 0 Å². The topological polar surface area (TPSA) is 42.2 Å². The maximum absolute atomic E-state index is 12.7. The Kier molecular flexibility index (Phi) is 2.14. The fraction of sp³-hybridized carbons (Fsp3) is 0.500. The number of hydrogen-bond acceptors (Lipinski definition) is 3. The van der Waals surface area contributed by atoms with Gasteiger partial charge in [-0.15, -0.1) is 8.78 Å². The van der Waals surface area contributed by atoms with E-state index < -0.39 is 6.29 Å². The Hall–Kier alpha value is -1.57. The van der Waals surface area contributed by atoms with Crippen LogP contribution in [0, 0.1) is 23.2 Å². The van der Waals surface area contributed by atoms with Crippen molar-refractivity contribution in [1.82, 2.24) is 0 Å². The normalized spacial score (nSPS) is 31.6. The van der Waals surface area contributed by atoms with Gasteiger partial charge in [0.1, 0.15) is 0 Å². The molecule has 15 heavy (non-hydrogen) atoms. The number of alkyl halides is 2. The van der Waals surface area contributed by atoms with E-state index in [9.17, 15) is 8.78 Å². The molecule has 0 aromatic carbocycles. The number of nitrogens with zero attached hydrogens (tertiary/aromatic N) is 1. The van der Waals surface area contributed by atoms with Gasteiger partial charge in [0.25, 0.3) is 0 Å². The second-order valence-electron chi connectivity index (χ2n) is 3.57. The minimum atomic E-state index is -3.56. The molecular weight excluding hydrogens is 204 g/mol. The molecule has 1 heterocycles. The minimum absolute atomic E-state index is 0.0710. The van der Waals surface area contributed by atoms with Crippen LogP contribution in [0.4, 0.5) is 8.78 Å². The van der Waals surface area contributed by atoms with Gasteiger partial charge in [0.05, 0.1) is 6.07 Å². The summed E-state index contributed by atoms with van der Waals surface area (Å²) >= 11 is 0. The molecule has 80 valence electrons. The zero-order chi connectivity index (χ0) is 11.1. The van der Waals surface area contributed by atoms with Crippen molar-refractivity contribution in [1.29, 1.82) is 5.26 Å². The third-order valence-electron chi connectivity index (χ3n) is 2.58. The molecule has 2 aliphatic rings. The molecule has 2 unspecified atom stereocenters. The van der Waals surface area contributed by atoms with Crippen LogP contribution in [0.3, 0.4) is 0 Å². The van der Waals surface area contributed by atoms with Crippen LogP contribution in [0.15, 0.2) is 23.7 Å². The average molecular weight is 213 g/mol. The van der Waals surface area contributed by atoms with Crippen LogP contribution < -0.4 is 0 Å². The molecule has 0 amide bonds. The first-order valence-corrected chi connectivity index (χ1v) is 4.58. The molecule has 0 aromatic heterocycles. The Morgan fingerprint density at radius 3 is 2.93 bits per heavy atom. The summed E-state index contributed by atoms with van der Waals surface area (Å²) in [5.41, 5.74) is 0. The maximum Gasteiger partial charge on any atom is 0.585 e. The Morgan fingerprint density at radius 1 is 1.53 bits per heavy atom. The van der Waals surface area contributed by atoms with E-state index in [2.05, 4.69) is 9.47 Å². The smallest absolute Gasteiger partial charge is 0.400 e. The van der Waals surface area contributed by atoms with Crippen LogP contribution in [-0.4, -0.2) is 6.29 Å². The standard InChI is InChI=1S/C10H9F2NO2/c1-6-7(4-5-13)2-3-8-9(6)15-10(11,12)14-8/h2-3,6-7H,4H2,1H3. The van der Waals surface area contributed by atoms with Crippen LogP contribution in [0.5, 0.6) is 0 Å². The van der Waals surface area contributed by atoms with Crippen molar-refractivity contribution in [2.45, 2.75) is 19.6 Å². The van der Waals surface area contributed by atoms with Crippen molar-refractivity contribution >= 4 is 0 Å². The molecule has 2 atom stereocenters. The summed E-state index contributed by atoms with van der Waals surface area (Å²) in [5.74, 6) is -0.131. The number of rotatable bonds is 1. The van der Waals surface area contributed by atoms with Crippen molar-refractivity contribution in [2.75, 3.05) is 0 Å². The van der Waals surface area contributed by atoms with Crippen LogP contribution in [-0.2, 0) is 9.47 Å². The SMILES string of the molecule is CC1C2=C(C=CC1CC#N)OC(F)(F)O2. The van der Waals surface area contributed by atoms with E-state index in [-0.39, 0.29) is 29.8 Å². The van der Waals surface area contributed by atoms with Gasteiger partial charge in [0, 0.05) is 12.3 Å². The lowest BCUT2D eigenvalue weighted by Gasteiger charge is -2.21. The Labute approximate surface area is 85.6 Å². The molecular formula is C10H9F2NO2. The number of allylic oxidation sites excluding steroid dienone is 3.